The summed E-state index contributed by atoms with van der Waals surface area (Å²) in [5.41, 5.74) is 3.03. The minimum absolute atomic E-state index is 0.00598. The Bertz CT molecular complexity index is 932. The van der Waals surface area contributed by atoms with Crippen molar-refractivity contribution in [2.24, 2.45) is 11.8 Å². The van der Waals surface area contributed by atoms with E-state index >= 15 is 0 Å². The molecule has 0 aliphatic heterocycles. The Morgan fingerprint density at radius 2 is 1.96 bits per heavy atom. The summed E-state index contributed by atoms with van der Waals surface area (Å²) in [4.78, 5) is 24.2. The van der Waals surface area contributed by atoms with Crippen LogP contribution in [0.3, 0.4) is 0 Å². The Hall–Kier alpha value is -2.37. The molecular formula is C20H24N4O2. The second-order valence-electron chi connectivity index (χ2n) is 7.89. The van der Waals surface area contributed by atoms with Gasteiger partial charge in [-0.25, -0.2) is 9.97 Å². The largest absolute Gasteiger partial charge is 0.465 e. The molecule has 0 unspecified atom stereocenters. The number of hydrogen-bond donors (Lipinski definition) is 1. The first-order valence-corrected chi connectivity index (χ1v) is 9.72. The lowest BCUT2D eigenvalue weighted by atomic mass is 9.84. The van der Waals surface area contributed by atoms with Crippen LogP contribution in [-0.4, -0.2) is 32.1 Å². The summed E-state index contributed by atoms with van der Waals surface area (Å²) in [6, 6.07) is 2.52. The topological polar surface area (TPSA) is 72.8 Å². The molecule has 0 radical (unpaired) electrons. The highest BCUT2D eigenvalue weighted by molar-refractivity contribution is 6.00. The summed E-state index contributed by atoms with van der Waals surface area (Å²) >= 11 is 0. The van der Waals surface area contributed by atoms with Crippen molar-refractivity contribution in [3.63, 3.8) is 0 Å². The maximum Gasteiger partial charge on any atom is 0.306 e. The summed E-state index contributed by atoms with van der Waals surface area (Å²) in [5.74, 6) is 1.10. The smallest absolute Gasteiger partial charge is 0.306 e. The zero-order chi connectivity index (χ0) is 17.5. The van der Waals surface area contributed by atoms with Crippen LogP contribution in [0, 0.1) is 11.8 Å². The molecule has 2 aliphatic rings. The Labute approximate surface area is 152 Å². The van der Waals surface area contributed by atoms with Gasteiger partial charge in [0, 0.05) is 24.0 Å². The highest BCUT2D eigenvalue weighted by atomic mass is 16.5. The molecule has 3 aromatic heterocycles. The molecule has 0 aromatic carbocycles. The molecule has 0 spiro atoms. The van der Waals surface area contributed by atoms with E-state index in [1.54, 1.807) is 0 Å². The standard InChI is InChI=1S/C20H24N4O2/c25-18(26-11-14-1-2-14)9-13-3-5-15(6-4-13)24-12-23-17-10-22-20-16(19(17)24)7-8-21-20/h7-8,10,12-15H,1-6,9,11H2,(H,21,22). The Morgan fingerprint density at radius 1 is 1.15 bits per heavy atom. The molecule has 6 heteroatoms. The zero-order valence-electron chi connectivity index (χ0n) is 14.9. The highest BCUT2D eigenvalue weighted by Crippen LogP contribution is 2.37. The Kier molecular flexibility index (Phi) is 3.91. The molecule has 0 atom stereocenters. The van der Waals surface area contributed by atoms with E-state index in [1.165, 1.54) is 18.4 Å². The van der Waals surface area contributed by atoms with Gasteiger partial charge in [-0.3, -0.25) is 4.79 Å². The van der Waals surface area contributed by atoms with Crippen molar-refractivity contribution in [1.82, 2.24) is 19.5 Å². The van der Waals surface area contributed by atoms with E-state index in [1.807, 2.05) is 18.7 Å². The molecule has 1 N–H and O–H groups in total. The minimum atomic E-state index is -0.00598. The number of rotatable bonds is 5. The second kappa shape index (κ2) is 6.41. The summed E-state index contributed by atoms with van der Waals surface area (Å²) in [7, 11) is 0. The maximum absolute atomic E-state index is 12.0. The summed E-state index contributed by atoms with van der Waals surface area (Å²) in [5, 5.41) is 1.13. The van der Waals surface area contributed by atoms with Crippen molar-refractivity contribution in [2.75, 3.05) is 6.61 Å². The summed E-state index contributed by atoms with van der Waals surface area (Å²) in [6.07, 6.45) is 13.1. The van der Waals surface area contributed by atoms with Crippen molar-refractivity contribution in [3.05, 3.63) is 24.8 Å². The molecule has 6 nitrogen and oxygen atoms in total. The number of carbonyl (C=O) groups excluding carboxylic acids is 1. The molecule has 5 rings (SSSR count). The monoisotopic (exact) mass is 352 g/mol. The quantitative estimate of drug-likeness (QED) is 0.705. The number of hydrogen-bond acceptors (Lipinski definition) is 4. The van der Waals surface area contributed by atoms with Crippen LogP contribution in [0.5, 0.6) is 0 Å². The van der Waals surface area contributed by atoms with Gasteiger partial charge >= 0.3 is 5.97 Å². The third-order valence-corrected chi connectivity index (χ3v) is 5.96. The van der Waals surface area contributed by atoms with E-state index in [2.05, 4.69) is 25.6 Å². The van der Waals surface area contributed by atoms with Gasteiger partial charge < -0.3 is 14.3 Å². The lowest BCUT2D eigenvalue weighted by molar-refractivity contribution is -0.145. The van der Waals surface area contributed by atoms with E-state index < -0.39 is 0 Å². The fourth-order valence-electron chi connectivity index (χ4n) is 4.23. The van der Waals surface area contributed by atoms with Gasteiger partial charge in [-0.15, -0.1) is 0 Å². The fourth-order valence-corrected chi connectivity index (χ4v) is 4.23. The van der Waals surface area contributed by atoms with Gasteiger partial charge in [0.25, 0.3) is 0 Å². The van der Waals surface area contributed by atoms with Crippen LogP contribution in [0.1, 0.15) is 51.0 Å². The molecule has 136 valence electrons. The normalized spacial score (nSPS) is 23.5. The van der Waals surface area contributed by atoms with Crippen LogP contribution in [0.25, 0.3) is 22.1 Å². The Balaban J connectivity index is 1.26. The zero-order valence-corrected chi connectivity index (χ0v) is 14.9. The number of H-pyrrole nitrogens is 1. The molecule has 2 fully saturated rings. The van der Waals surface area contributed by atoms with Gasteiger partial charge in [0.15, 0.2) is 0 Å². The van der Waals surface area contributed by atoms with E-state index in [-0.39, 0.29) is 5.97 Å². The summed E-state index contributed by atoms with van der Waals surface area (Å²) in [6.45, 7) is 0.635. The number of carbonyl (C=O) groups is 1. The van der Waals surface area contributed by atoms with Gasteiger partial charge in [-0.1, -0.05) is 0 Å². The molecule has 3 heterocycles. The number of imidazole rings is 1. The second-order valence-corrected chi connectivity index (χ2v) is 7.89. The van der Waals surface area contributed by atoms with E-state index in [0.29, 0.717) is 30.9 Å². The number of fused-ring (bicyclic) bond motifs is 3. The van der Waals surface area contributed by atoms with Crippen LogP contribution in [0.4, 0.5) is 0 Å². The van der Waals surface area contributed by atoms with Crippen LogP contribution in [-0.2, 0) is 9.53 Å². The summed E-state index contributed by atoms with van der Waals surface area (Å²) < 4.78 is 7.71. The number of pyridine rings is 1. The first kappa shape index (κ1) is 15.9. The third-order valence-electron chi connectivity index (χ3n) is 5.96. The molecule has 0 saturated heterocycles. The van der Waals surface area contributed by atoms with Crippen LogP contribution in [0.2, 0.25) is 0 Å². The molecular weight excluding hydrogens is 328 g/mol. The highest BCUT2D eigenvalue weighted by Gasteiger charge is 2.27. The average Bonchev–Trinajstić information content (AvgIpc) is 3.18. The van der Waals surface area contributed by atoms with Crippen LogP contribution >= 0.6 is 0 Å². The number of esters is 1. The van der Waals surface area contributed by atoms with Crippen molar-refractivity contribution in [3.8, 4) is 0 Å². The molecule has 2 aliphatic carbocycles. The number of ether oxygens (including phenoxy) is 1. The molecule has 3 aromatic rings. The van der Waals surface area contributed by atoms with E-state index in [4.69, 9.17) is 4.74 Å². The molecule has 26 heavy (non-hydrogen) atoms. The van der Waals surface area contributed by atoms with E-state index in [0.717, 1.165) is 42.2 Å². The first-order chi connectivity index (χ1) is 12.8. The first-order valence-electron chi connectivity index (χ1n) is 9.72. The number of aromatic nitrogens is 4. The maximum atomic E-state index is 12.0. The van der Waals surface area contributed by atoms with Gasteiger partial charge in [-0.2, -0.15) is 0 Å². The SMILES string of the molecule is O=C(CC1CCC(n2cnc3cnc4[nH]ccc4c32)CC1)OCC1CC1. The molecule has 0 bridgehead atoms. The van der Waals surface area contributed by atoms with E-state index in [9.17, 15) is 4.79 Å². The van der Waals surface area contributed by atoms with Gasteiger partial charge in [0.2, 0.25) is 0 Å². The van der Waals surface area contributed by atoms with Crippen molar-refractivity contribution >= 4 is 28.0 Å². The number of aromatic amines is 1. The minimum Gasteiger partial charge on any atom is -0.465 e. The predicted octanol–water partition coefficient (Wildman–Crippen LogP) is 3.99. The van der Waals surface area contributed by atoms with Gasteiger partial charge in [-0.05, 0) is 56.4 Å². The number of nitrogens with zero attached hydrogens (tertiary/aromatic N) is 3. The van der Waals surface area contributed by atoms with Crippen LogP contribution < -0.4 is 0 Å². The van der Waals surface area contributed by atoms with Crippen molar-refractivity contribution in [2.45, 2.75) is 51.0 Å². The molecule has 0 amide bonds. The molecule has 2 saturated carbocycles. The van der Waals surface area contributed by atoms with Crippen LogP contribution in [0.15, 0.2) is 24.8 Å². The van der Waals surface area contributed by atoms with Gasteiger partial charge in [0.05, 0.1) is 24.6 Å². The number of nitrogens with one attached hydrogen (secondary N) is 1. The Morgan fingerprint density at radius 3 is 2.77 bits per heavy atom. The lowest BCUT2D eigenvalue weighted by Gasteiger charge is -2.29. The fraction of sp³-hybridized carbons (Fsp3) is 0.550. The predicted molar refractivity (Wildman–Crippen MR) is 98.7 cm³/mol. The average molecular weight is 352 g/mol. The third kappa shape index (κ3) is 2.97. The van der Waals surface area contributed by atoms with Gasteiger partial charge in [0.1, 0.15) is 11.2 Å². The van der Waals surface area contributed by atoms with Crippen molar-refractivity contribution < 1.29 is 9.53 Å². The van der Waals surface area contributed by atoms with Crippen molar-refractivity contribution in [1.29, 1.82) is 0 Å². The lowest BCUT2D eigenvalue weighted by Crippen LogP contribution is -2.21.